The summed E-state index contributed by atoms with van der Waals surface area (Å²) in [6.07, 6.45) is 47.8. The lowest BCUT2D eigenvalue weighted by atomic mass is 9.95. The van der Waals surface area contributed by atoms with Crippen molar-refractivity contribution >= 4 is 17.8 Å². The molecule has 0 aromatic carbocycles. The summed E-state index contributed by atoms with van der Waals surface area (Å²) in [6.45, 7) is 14.2. The van der Waals surface area contributed by atoms with Crippen molar-refractivity contribution in [1.82, 2.24) is 10.2 Å². The van der Waals surface area contributed by atoms with Crippen molar-refractivity contribution in [3.63, 3.8) is 0 Å². The van der Waals surface area contributed by atoms with Crippen LogP contribution in [0.15, 0.2) is 0 Å². The van der Waals surface area contributed by atoms with Gasteiger partial charge < -0.3 is 19.7 Å². The molecular formula is C59H118N2O5. The molecule has 394 valence electrons. The molecule has 0 bridgehead atoms. The van der Waals surface area contributed by atoms with Crippen LogP contribution < -0.4 is 5.32 Å². The number of nitrogens with zero attached hydrogens (tertiary/aromatic N) is 1. The lowest BCUT2D eigenvalue weighted by Crippen LogP contribution is -2.41. The van der Waals surface area contributed by atoms with Gasteiger partial charge in [0.25, 0.3) is 0 Å². The van der Waals surface area contributed by atoms with Gasteiger partial charge in [-0.15, -0.1) is 0 Å². The molecule has 0 aliphatic heterocycles. The number of rotatable bonds is 52. The standard InChI is InChI=1S/C58H114N2O5.CH4/c1-7-12-17-22-25-32-42-53(40-30-20-15-10-4)51-64-57(62)47-37-28-34-44-55(60(50-39-49-59-6)56(61)46-36-27-24-19-14-9-3)45-35-29-38-48-58(63)65-52-54(41-31-21-16-11-5)43-33-26-23-18-13-8-2;/h53-55,59H,7-52H2,1-6H3;1H4. The van der Waals surface area contributed by atoms with Gasteiger partial charge >= 0.3 is 11.9 Å². The van der Waals surface area contributed by atoms with E-state index in [0.717, 1.165) is 83.7 Å². The normalized spacial score (nSPS) is 12.7. The van der Waals surface area contributed by atoms with Crippen molar-refractivity contribution in [2.75, 3.05) is 33.4 Å². The van der Waals surface area contributed by atoms with E-state index in [0.29, 0.717) is 50.2 Å². The largest absolute Gasteiger partial charge is 0.465 e. The molecule has 66 heavy (non-hydrogen) atoms. The summed E-state index contributed by atoms with van der Waals surface area (Å²) >= 11 is 0. The van der Waals surface area contributed by atoms with Crippen molar-refractivity contribution in [2.24, 2.45) is 11.8 Å². The second kappa shape index (κ2) is 52.7. The number of esters is 2. The van der Waals surface area contributed by atoms with Gasteiger partial charge in [-0.2, -0.15) is 0 Å². The van der Waals surface area contributed by atoms with E-state index in [1.54, 1.807) is 0 Å². The Hall–Kier alpha value is -1.63. The summed E-state index contributed by atoms with van der Waals surface area (Å²) in [6, 6.07) is 0.198. The van der Waals surface area contributed by atoms with Crippen LogP contribution in [0.4, 0.5) is 0 Å². The highest BCUT2D eigenvalue weighted by molar-refractivity contribution is 5.76. The lowest BCUT2D eigenvalue weighted by molar-refractivity contribution is -0.146. The second-order valence-electron chi connectivity index (χ2n) is 20.3. The average Bonchev–Trinajstić information content (AvgIpc) is 3.30. The van der Waals surface area contributed by atoms with E-state index in [1.807, 2.05) is 7.05 Å². The van der Waals surface area contributed by atoms with E-state index in [1.165, 1.54) is 180 Å². The first-order valence-corrected chi connectivity index (χ1v) is 29.1. The van der Waals surface area contributed by atoms with Crippen LogP contribution in [0.2, 0.25) is 0 Å². The third-order valence-electron chi connectivity index (χ3n) is 14.0. The Morgan fingerprint density at radius 2 is 0.697 bits per heavy atom. The first-order valence-electron chi connectivity index (χ1n) is 29.1. The molecule has 2 unspecified atom stereocenters. The topological polar surface area (TPSA) is 84.9 Å². The van der Waals surface area contributed by atoms with Crippen molar-refractivity contribution in [3.8, 4) is 0 Å². The zero-order valence-electron chi connectivity index (χ0n) is 44.7. The molecule has 0 heterocycles. The first kappa shape index (κ1) is 66.5. The van der Waals surface area contributed by atoms with Gasteiger partial charge in [0.2, 0.25) is 5.91 Å². The maximum Gasteiger partial charge on any atom is 0.305 e. The number of carbonyl (C=O) groups is 3. The summed E-state index contributed by atoms with van der Waals surface area (Å²) in [4.78, 5) is 42.0. The fourth-order valence-corrected chi connectivity index (χ4v) is 9.58. The Bertz CT molecular complexity index is 964. The average molecular weight is 936 g/mol. The molecule has 0 spiro atoms. The summed E-state index contributed by atoms with van der Waals surface area (Å²) in [5.74, 6) is 1.22. The Labute approximate surface area is 413 Å². The van der Waals surface area contributed by atoms with Crippen LogP contribution in [0.1, 0.15) is 312 Å². The van der Waals surface area contributed by atoms with E-state index in [-0.39, 0.29) is 25.4 Å². The van der Waals surface area contributed by atoms with E-state index < -0.39 is 0 Å². The molecule has 0 saturated heterocycles. The van der Waals surface area contributed by atoms with Gasteiger partial charge in [0.15, 0.2) is 0 Å². The van der Waals surface area contributed by atoms with E-state index >= 15 is 0 Å². The zero-order valence-corrected chi connectivity index (χ0v) is 44.7. The minimum atomic E-state index is -0.0373. The van der Waals surface area contributed by atoms with Crippen molar-refractivity contribution in [1.29, 1.82) is 0 Å². The maximum atomic E-state index is 13.9. The number of hydrogen-bond donors (Lipinski definition) is 1. The number of amides is 1. The molecule has 0 aromatic rings. The van der Waals surface area contributed by atoms with Crippen LogP contribution in [0.5, 0.6) is 0 Å². The van der Waals surface area contributed by atoms with Gasteiger partial charge in [-0.1, -0.05) is 228 Å². The second-order valence-corrected chi connectivity index (χ2v) is 20.3. The molecule has 0 aliphatic rings. The van der Waals surface area contributed by atoms with Crippen LogP contribution >= 0.6 is 0 Å². The SMILES string of the molecule is C.CCCCCCCCC(=O)N(CCCNC)C(CCCCCC(=O)OCC(CCCCCC)CCCCCCCC)CCCCCC(=O)OCC(CCCCCC)CCCCCCCC. The van der Waals surface area contributed by atoms with Crippen molar-refractivity contribution in [3.05, 3.63) is 0 Å². The van der Waals surface area contributed by atoms with Crippen LogP contribution in [0.3, 0.4) is 0 Å². The molecule has 2 atom stereocenters. The lowest BCUT2D eigenvalue weighted by Gasteiger charge is -2.33. The Morgan fingerprint density at radius 3 is 1.08 bits per heavy atom. The monoisotopic (exact) mass is 935 g/mol. The van der Waals surface area contributed by atoms with Gasteiger partial charge in [0, 0.05) is 31.8 Å². The predicted molar refractivity (Wildman–Crippen MR) is 287 cm³/mol. The highest BCUT2D eigenvalue weighted by Gasteiger charge is 2.23. The van der Waals surface area contributed by atoms with Crippen molar-refractivity contribution < 1.29 is 23.9 Å². The van der Waals surface area contributed by atoms with Gasteiger partial charge in [-0.25, -0.2) is 0 Å². The third kappa shape index (κ3) is 43.6. The zero-order chi connectivity index (χ0) is 47.7. The van der Waals surface area contributed by atoms with Gasteiger partial charge in [0.1, 0.15) is 0 Å². The fraction of sp³-hybridized carbons (Fsp3) is 0.949. The number of nitrogens with one attached hydrogen (secondary N) is 1. The quantitative estimate of drug-likeness (QED) is 0.0483. The first-order chi connectivity index (χ1) is 31.9. The van der Waals surface area contributed by atoms with Gasteiger partial charge in [-0.05, 0) is 89.6 Å². The molecule has 7 nitrogen and oxygen atoms in total. The number of unbranched alkanes of at least 4 members (excludes halogenated alkanes) is 25. The molecule has 0 aliphatic carbocycles. The molecule has 0 rings (SSSR count). The number of hydrogen-bond acceptors (Lipinski definition) is 6. The summed E-state index contributed by atoms with van der Waals surface area (Å²) in [5.41, 5.74) is 0. The summed E-state index contributed by atoms with van der Waals surface area (Å²) in [7, 11) is 1.99. The molecule has 1 amide bonds. The molecule has 7 heteroatoms. The highest BCUT2D eigenvalue weighted by Crippen LogP contribution is 2.24. The number of carbonyl (C=O) groups excluding carboxylic acids is 3. The fourth-order valence-electron chi connectivity index (χ4n) is 9.58. The van der Waals surface area contributed by atoms with E-state index in [4.69, 9.17) is 9.47 Å². The summed E-state index contributed by atoms with van der Waals surface area (Å²) < 4.78 is 11.8. The van der Waals surface area contributed by atoms with E-state index in [9.17, 15) is 14.4 Å². The molecular weight excluding hydrogens is 817 g/mol. The van der Waals surface area contributed by atoms with Crippen LogP contribution in [-0.4, -0.2) is 62.1 Å². The van der Waals surface area contributed by atoms with Crippen LogP contribution in [0.25, 0.3) is 0 Å². The highest BCUT2D eigenvalue weighted by atomic mass is 16.5. The smallest absolute Gasteiger partial charge is 0.305 e. The minimum Gasteiger partial charge on any atom is -0.465 e. The Morgan fingerprint density at radius 1 is 0.394 bits per heavy atom. The molecule has 0 fully saturated rings. The molecule has 0 radical (unpaired) electrons. The van der Waals surface area contributed by atoms with Crippen LogP contribution in [-0.2, 0) is 23.9 Å². The van der Waals surface area contributed by atoms with Crippen molar-refractivity contribution in [2.45, 2.75) is 318 Å². The Balaban J connectivity index is 0. The molecule has 0 saturated carbocycles. The molecule has 0 aromatic heterocycles. The Kier molecular flexibility index (Phi) is 53.1. The van der Waals surface area contributed by atoms with E-state index in [2.05, 4.69) is 44.8 Å². The number of ether oxygens (including phenoxy) is 2. The molecule has 1 N–H and O–H groups in total. The predicted octanol–water partition coefficient (Wildman–Crippen LogP) is 17.8. The van der Waals surface area contributed by atoms with Crippen LogP contribution in [0, 0.1) is 11.8 Å². The maximum absolute atomic E-state index is 13.9. The summed E-state index contributed by atoms with van der Waals surface area (Å²) in [5, 5.41) is 3.29. The minimum absolute atomic E-state index is 0. The third-order valence-corrected chi connectivity index (χ3v) is 14.0. The van der Waals surface area contributed by atoms with Gasteiger partial charge in [0.05, 0.1) is 13.2 Å². The van der Waals surface area contributed by atoms with Gasteiger partial charge in [-0.3, -0.25) is 14.4 Å².